The average Bonchev–Trinajstić information content (AvgIpc) is 2.65. The van der Waals surface area contributed by atoms with Gasteiger partial charge in [-0.3, -0.25) is 0 Å². The Morgan fingerprint density at radius 1 is 1.07 bits per heavy atom. The highest BCUT2D eigenvalue weighted by Crippen LogP contribution is 2.25. The van der Waals surface area contributed by atoms with Crippen molar-refractivity contribution in [2.75, 3.05) is 0 Å². The van der Waals surface area contributed by atoms with Crippen molar-refractivity contribution in [3.8, 4) is 0 Å². The Hall–Kier alpha value is -1.48. The minimum absolute atomic E-state index is 0.835. The molecule has 3 heterocycles. The van der Waals surface area contributed by atoms with Crippen molar-refractivity contribution in [1.82, 2.24) is 9.97 Å². The fourth-order valence-electron chi connectivity index (χ4n) is 1.62. The molecule has 0 amide bonds. The number of rotatable bonds is 0. The Morgan fingerprint density at radius 2 is 1.93 bits per heavy atom. The largest absolute Gasteiger partial charge is 0.236 e. The van der Waals surface area contributed by atoms with Crippen molar-refractivity contribution >= 4 is 33.1 Å². The second kappa shape index (κ2) is 2.75. The number of hydrogen-bond donors (Lipinski definition) is 0. The molecule has 0 spiro atoms. The number of nitrogens with zero attached hydrogens (tertiary/aromatic N) is 2. The zero-order valence-corrected chi connectivity index (χ0v) is 8.51. The van der Waals surface area contributed by atoms with Gasteiger partial charge in [0, 0.05) is 33.9 Å². The summed E-state index contributed by atoms with van der Waals surface area (Å²) in [5.74, 6) is 0. The minimum atomic E-state index is 0.835. The number of pyridine rings is 2. The second-order valence-electron chi connectivity index (χ2n) is 3.38. The molecular weight excluding hydrogens is 192 g/mol. The average molecular weight is 200 g/mol. The molecule has 0 bridgehead atoms. The van der Waals surface area contributed by atoms with Gasteiger partial charge in [0.2, 0.25) is 0 Å². The van der Waals surface area contributed by atoms with E-state index in [9.17, 15) is 0 Å². The molecule has 68 valence electrons. The fourth-order valence-corrected chi connectivity index (χ4v) is 2.42. The van der Waals surface area contributed by atoms with Crippen LogP contribution in [0.4, 0.5) is 0 Å². The summed E-state index contributed by atoms with van der Waals surface area (Å²) in [4.78, 5) is 8.62. The zero-order chi connectivity index (χ0) is 9.54. The monoisotopic (exact) mass is 200 g/mol. The molecule has 3 aromatic rings. The van der Waals surface area contributed by atoms with Crippen LogP contribution < -0.4 is 0 Å². The quantitative estimate of drug-likeness (QED) is 0.557. The minimum Gasteiger partial charge on any atom is -0.236 e. The maximum Gasteiger partial charge on any atom is 0.159 e. The molecule has 0 saturated carbocycles. The Morgan fingerprint density at radius 3 is 2.86 bits per heavy atom. The normalized spacial score (nSPS) is 11.2. The Kier molecular flexibility index (Phi) is 1.55. The van der Waals surface area contributed by atoms with Gasteiger partial charge in [0.25, 0.3) is 0 Å². The van der Waals surface area contributed by atoms with Crippen LogP contribution in [0, 0.1) is 6.92 Å². The highest BCUT2D eigenvalue weighted by molar-refractivity contribution is 7.09. The smallest absolute Gasteiger partial charge is 0.159 e. The predicted octanol–water partition coefficient (Wildman–Crippen LogP) is 3.15. The summed E-state index contributed by atoms with van der Waals surface area (Å²) >= 11 is 1.71. The van der Waals surface area contributed by atoms with E-state index >= 15 is 0 Å². The molecule has 14 heavy (non-hydrogen) atoms. The maximum absolute atomic E-state index is 4.32. The molecule has 0 N–H and O–H groups in total. The number of aryl methyl sites for hydroxylation is 1. The van der Waals surface area contributed by atoms with Crippen molar-refractivity contribution in [3.05, 3.63) is 34.8 Å². The standard InChI is InChI=1S/C11H8N2S/c1-7-2-9-10-6-14-5-8(10)4-13-11(9)12-3-7/h2-6H,1H3. The summed E-state index contributed by atoms with van der Waals surface area (Å²) in [6.45, 7) is 2.05. The molecular formula is C11H8N2S. The van der Waals surface area contributed by atoms with Crippen LogP contribution in [0.25, 0.3) is 21.8 Å². The number of fused-ring (bicyclic) bond motifs is 3. The van der Waals surface area contributed by atoms with Crippen LogP contribution in [-0.4, -0.2) is 9.97 Å². The Labute approximate surface area is 85.2 Å². The molecule has 0 aromatic carbocycles. The first kappa shape index (κ1) is 7.88. The van der Waals surface area contributed by atoms with Crippen LogP contribution >= 0.6 is 11.3 Å². The summed E-state index contributed by atoms with van der Waals surface area (Å²) in [5, 5.41) is 7.89. The third-order valence-electron chi connectivity index (χ3n) is 2.31. The molecule has 0 atom stereocenters. The first-order chi connectivity index (χ1) is 6.84. The third-order valence-corrected chi connectivity index (χ3v) is 3.07. The molecule has 0 radical (unpaired) electrons. The molecule has 3 heteroatoms. The van der Waals surface area contributed by atoms with E-state index in [0.717, 1.165) is 11.0 Å². The Balaban J connectivity index is 2.60. The van der Waals surface area contributed by atoms with Gasteiger partial charge in [-0.25, -0.2) is 9.97 Å². The predicted molar refractivity (Wildman–Crippen MR) is 59.7 cm³/mol. The summed E-state index contributed by atoms with van der Waals surface area (Å²) in [6, 6.07) is 2.14. The van der Waals surface area contributed by atoms with Crippen LogP contribution in [0.15, 0.2) is 29.2 Å². The molecule has 3 rings (SSSR count). The lowest BCUT2D eigenvalue weighted by Gasteiger charge is -1.98. The molecule has 0 fully saturated rings. The lowest BCUT2D eigenvalue weighted by Crippen LogP contribution is -1.84. The van der Waals surface area contributed by atoms with E-state index in [1.807, 2.05) is 12.4 Å². The van der Waals surface area contributed by atoms with Gasteiger partial charge in [0.1, 0.15) is 0 Å². The van der Waals surface area contributed by atoms with Gasteiger partial charge in [-0.15, -0.1) is 0 Å². The van der Waals surface area contributed by atoms with Gasteiger partial charge in [0.05, 0.1) is 0 Å². The van der Waals surface area contributed by atoms with E-state index in [1.165, 1.54) is 16.3 Å². The van der Waals surface area contributed by atoms with Gasteiger partial charge in [-0.05, 0) is 23.9 Å². The van der Waals surface area contributed by atoms with Crippen molar-refractivity contribution < 1.29 is 0 Å². The molecule has 0 aliphatic heterocycles. The van der Waals surface area contributed by atoms with Crippen molar-refractivity contribution in [2.24, 2.45) is 0 Å². The molecule has 2 nitrogen and oxygen atoms in total. The second-order valence-corrected chi connectivity index (χ2v) is 4.13. The van der Waals surface area contributed by atoms with Crippen LogP contribution in [0.3, 0.4) is 0 Å². The van der Waals surface area contributed by atoms with Gasteiger partial charge in [0.15, 0.2) is 5.65 Å². The number of aromatic nitrogens is 2. The summed E-state index contributed by atoms with van der Waals surface area (Å²) in [7, 11) is 0. The lowest BCUT2D eigenvalue weighted by molar-refractivity contribution is 1.27. The van der Waals surface area contributed by atoms with E-state index in [-0.39, 0.29) is 0 Å². The zero-order valence-electron chi connectivity index (χ0n) is 7.69. The number of hydrogen-bond acceptors (Lipinski definition) is 3. The third kappa shape index (κ3) is 1.02. The molecule has 3 aromatic heterocycles. The Bertz CT molecular complexity index is 613. The highest BCUT2D eigenvalue weighted by atomic mass is 32.1. The topological polar surface area (TPSA) is 25.8 Å². The van der Waals surface area contributed by atoms with Crippen molar-refractivity contribution in [2.45, 2.75) is 6.92 Å². The summed E-state index contributed by atoms with van der Waals surface area (Å²) < 4.78 is 0. The van der Waals surface area contributed by atoms with E-state index in [1.54, 1.807) is 11.3 Å². The van der Waals surface area contributed by atoms with Gasteiger partial charge in [-0.2, -0.15) is 11.3 Å². The van der Waals surface area contributed by atoms with Crippen LogP contribution in [-0.2, 0) is 0 Å². The molecule has 0 unspecified atom stereocenters. The fraction of sp³-hybridized carbons (Fsp3) is 0.0909. The molecule has 0 aliphatic rings. The highest BCUT2D eigenvalue weighted by Gasteiger charge is 2.02. The SMILES string of the molecule is Cc1cnc2ncc3cscc3c2c1. The molecule has 0 saturated heterocycles. The van der Waals surface area contributed by atoms with E-state index < -0.39 is 0 Å². The first-order valence-electron chi connectivity index (χ1n) is 4.42. The van der Waals surface area contributed by atoms with Gasteiger partial charge >= 0.3 is 0 Å². The van der Waals surface area contributed by atoms with E-state index in [0.29, 0.717) is 0 Å². The van der Waals surface area contributed by atoms with Crippen LogP contribution in [0.1, 0.15) is 5.56 Å². The van der Waals surface area contributed by atoms with E-state index in [2.05, 4.69) is 33.7 Å². The van der Waals surface area contributed by atoms with Gasteiger partial charge < -0.3 is 0 Å². The van der Waals surface area contributed by atoms with Gasteiger partial charge in [-0.1, -0.05) is 0 Å². The summed E-state index contributed by atoms with van der Waals surface area (Å²) in [5.41, 5.74) is 2.01. The summed E-state index contributed by atoms with van der Waals surface area (Å²) in [6.07, 6.45) is 3.74. The number of thiophene rings is 1. The van der Waals surface area contributed by atoms with Crippen LogP contribution in [0.5, 0.6) is 0 Å². The van der Waals surface area contributed by atoms with Crippen LogP contribution in [0.2, 0.25) is 0 Å². The maximum atomic E-state index is 4.32. The molecule has 0 aliphatic carbocycles. The van der Waals surface area contributed by atoms with Crippen molar-refractivity contribution in [3.63, 3.8) is 0 Å². The lowest BCUT2D eigenvalue weighted by atomic mass is 10.1. The van der Waals surface area contributed by atoms with Crippen molar-refractivity contribution in [1.29, 1.82) is 0 Å². The first-order valence-corrected chi connectivity index (χ1v) is 5.36. The van der Waals surface area contributed by atoms with E-state index in [4.69, 9.17) is 0 Å².